The van der Waals surface area contributed by atoms with Gasteiger partial charge in [0.25, 0.3) is 5.91 Å². The average Bonchev–Trinajstić information content (AvgIpc) is 3.03. The molecule has 0 spiro atoms. The number of nitrogens with one attached hydrogen (secondary N) is 1. The summed E-state index contributed by atoms with van der Waals surface area (Å²) in [7, 11) is 0. The van der Waals surface area contributed by atoms with Crippen LogP contribution in [0.4, 0.5) is 5.82 Å². The van der Waals surface area contributed by atoms with Crippen LogP contribution >= 0.6 is 0 Å². The molecular weight excluding hydrogens is 316 g/mol. The summed E-state index contributed by atoms with van der Waals surface area (Å²) in [5, 5.41) is 11.5. The van der Waals surface area contributed by atoms with Crippen LogP contribution < -0.4 is 10.2 Å². The van der Waals surface area contributed by atoms with Gasteiger partial charge in [-0.2, -0.15) is 0 Å². The van der Waals surface area contributed by atoms with Crippen molar-refractivity contribution in [2.75, 3.05) is 18.0 Å². The quantitative estimate of drug-likeness (QED) is 0.921. The topological polar surface area (TPSA) is 75.9 Å². The first kappa shape index (κ1) is 16.1. The van der Waals surface area contributed by atoms with Crippen molar-refractivity contribution in [1.82, 2.24) is 25.1 Å². The molecule has 4 rings (SSSR count). The van der Waals surface area contributed by atoms with E-state index in [1.54, 1.807) is 6.20 Å². The number of hydrogen-bond acceptors (Lipinski definition) is 5. The molecule has 7 nitrogen and oxygen atoms in total. The zero-order valence-corrected chi connectivity index (χ0v) is 14.6. The molecule has 2 aromatic rings. The number of anilines is 1. The van der Waals surface area contributed by atoms with Crippen molar-refractivity contribution < 1.29 is 4.79 Å². The number of amides is 1. The molecule has 0 aliphatic carbocycles. The fourth-order valence-electron chi connectivity index (χ4n) is 3.78. The summed E-state index contributed by atoms with van der Waals surface area (Å²) in [6.07, 6.45) is 7.09. The minimum atomic E-state index is -0.0344. The Bertz CT molecular complexity index is 765. The number of carbonyl (C=O) groups excluding carboxylic acids is 1. The standard InChI is InChI=1S/C18H24N6O/c1-13-21-22-16-8-7-14(12-24(13)16)20-18(25)15-6-5-9-19-17(15)23-10-3-2-4-11-23/h5-6,9,14H,2-4,7-8,10-12H2,1H3,(H,20,25)/t14-/m1/s1. The van der Waals surface area contributed by atoms with Gasteiger partial charge in [-0.1, -0.05) is 0 Å². The van der Waals surface area contributed by atoms with Crippen molar-refractivity contribution in [3.63, 3.8) is 0 Å². The van der Waals surface area contributed by atoms with Gasteiger partial charge in [-0.3, -0.25) is 4.79 Å². The number of pyridine rings is 1. The Kier molecular flexibility index (Phi) is 4.38. The Hall–Kier alpha value is -2.44. The molecule has 0 unspecified atom stereocenters. The van der Waals surface area contributed by atoms with E-state index in [-0.39, 0.29) is 11.9 Å². The van der Waals surface area contributed by atoms with Gasteiger partial charge in [-0.05, 0) is 44.7 Å². The highest BCUT2D eigenvalue weighted by Crippen LogP contribution is 2.22. The Morgan fingerprint density at radius 1 is 1.24 bits per heavy atom. The largest absolute Gasteiger partial charge is 0.356 e. The van der Waals surface area contributed by atoms with Gasteiger partial charge < -0.3 is 14.8 Å². The molecular formula is C18H24N6O. The summed E-state index contributed by atoms with van der Waals surface area (Å²) < 4.78 is 2.10. The van der Waals surface area contributed by atoms with Gasteiger partial charge >= 0.3 is 0 Å². The molecule has 1 saturated heterocycles. The zero-order valence-electron chi connectivity index (χ0n) is 14.6. The lowest BCUT2D eigenvalue weighted by Gasteiger charge is -2.30. The molecule has 1 atom stereocenters. The molecule has 25 heavy (non-hydrogen) atoms. The number of rotatable bonds is 3. The number of aromatic nitrogens is 4. The van der Waals surface area contributed by atoms with E-state index in [9.17, 15) is 4.79 Å². The van der Waals surface area contributed by atoms with Crippen molar-refractivity contribution in [2.24, 2.45) is 0 Å². The third kappa shape index (κ3) is 3.23. The third-order valence-corrected chi connectivity index (χ3v) is 5.15. The monoisotopic (exact) mass is 340 g/mol. The third-order valence-electron chi connectivity index (χ3n) is 5.15. The lowest BCUT2D eigenvalue weighted by molar-refractivity contribution is 0.0927. The molecule has 0 aromatic carbocycles. The number of hydrogen-bond donors (Lipinski definition) is 1. The normalized spacial score (nSPS) is 20.2. The fourth-order valence-corrected chi connectivity index (χ4v) is 3.78. The zero-order chi connectivity index (χ0) is 17.2. The summed E-state index contributed by atoms with van der Waals surface area (Å²) in [6.45, 7) is 4.64. The van der Waals surface area contributed by atoms with Crippen LogP contribution in [0.5, 0.6) is 0 Å². The van der Waals surface area contributed by atoms with E-state index in [1.807, 2.05) is 19.1 Å². The van der Waals surface area contributed by atoms with Gasteiger partial charge in [0.1, 0.15) is 17.5 Å². The summed E-state index contributed by atoms with van der Waals surface area (Å²) in [6, 6.07) is 3.82. The Morgan fingerprint density at radius 3 is 2.92 bits per heavy atom. The van der Waals surface area contributed by atoms with Gasteiger partial charge in [0, 0.05) is 38.3 Å². The number of nitrogens with zero attached hydrogens (tertiary/aromatic N) is 5. The van der Waals surface area contributed by atoms with E-state index < -0.39 is 0 Å². The Balaban J connectivity index is 1.49. The molecule has 1 N–H and O–H groups in total. The molecule has 132 valence electrons. The van der Waals surface area contributed by atoms with Crippen LogP contribution in [0.15, 0.2) is 18.3 Å². The van der Waals surface area contributed by atoms with Gasteiger partial charge in [-0.15, -0.1) is 10.2 Å². The molecule has 0 bridgehead atoms. The van der Waals surface area contributed by atoms with E-state index in [2.05, 4.69) is 30.0 Å². The van der Waals surface area contributed by atoms with Crippen molar-refractivity contribution >= 4 is 11.7 Å². The second-order valence-electron chi connectivity index (χ2n) is 6.91. The summed E-state index contributed by atoms with van der Waals surface area (Å²) in [5.41, 5.74) is 0.677. The first-order chi connectivity index (χ1) is 12.2. The van der Waals surface area contributed by atoms with Gasteiger partial charge in [0.15, 0.2) is 0 Å². The van der Waals surface area contributed by atoms with Crippen molar-refractivity contribution in [3.05, 3.63) is 35.5 Å². The predicted molar refractivity (Wildman–Crippen MR) is 94.6 cm³/mol. The van der Waals surface area contributed by atoms with E-state index >= 15 is 0 Å². The van der Waals surface area contributed by atoms with Crippen molar-refractivity contribution in [2.45, 2.75) is 51.6 Å². The number of piperidine rings is 1. The second-order valence-corrected chi connectivity index (χ2v) is 6.91. The SMILES string of the molecule is Cc1nnc2n1C[C@H](NC(=O)c1cccnc1N1CCCCC1)CC2. The molecule has 0 radical (unpaired) electrons. The van der Waals surface area contributed by atoms with Crippen LogP contribution in [0.3, 0.4) is 0 Å². The molecule has 7 heteroatoms. The summed E-state index contributed by atoms with van der Waals surface area (Å²) >= 11 is 0. The Labute approximate surface area is 147 Å². The molecule has 2 aromatic heterocycles. The maximum absolute atomic E-state index is 12.9. The summed E-state index contributed by atoms with van der Waals surface area (Å²) in [4.78, 5) is 19.6. The van der Waals surface area contributed by atoms with Crippen molar-refractivity contribution in [3.8, 4) is 0 Å². The van der Waals surface area contributed by atoms with Crippen LogP contribution in [0, 0.1) is 6.92 Å². The first-order valence-corrected chi connectivity index (χ1v) is 9.12. The molecule has 2 aliphatic heterocycles. The molecule has 1 fully saturated rings. The minimum absolute atomic E-state index is 0.0344. The lowest BCUT2D eigenvalue weighted by Crippen LogP contribution is -2.42. The number of carbonyl (C=O) groups is 1. The van der Waals surface area contributed by atoms with E-state index in [0.29, 0.717) is 5.56 Å². The van der Waals surface area contributed by atoms with Crippen LogP contribution in [0.2, 0.25) is 0 Å². The highest BCUT2D eigenvalue weighted by Gasteiger charge is 2.25. The average molecular weight is 340 g/mol. The van der Waals surface area contributed by atoms with Crippen LogP contribution in [-0.4, -0.2) is 44.8 Å². The van der Waals surface area contributed by atoms with Crippen LogP contribution in [-0.2, 0) is 13.0 Å². The molecule has 0 saturated carbocycles. The summed E-state index contributed by atoms with van der Waals surface area (Å²) in [5.74, 6) is 2.70. The van der Waals surface area contributed by atoms with Gasteiger partial charge in [-0.25, -0.2) is 4.98 Å². The van der Waals surface area contributed by atoms with Crippen LogP contribution in [0.1, 0.15) is 47.7 Å². The van der Waals surface area contributed by atoms with E-state index in [1.165, 1.54) is 6.42 Å². The molecule has 4 heterocycles. The van der Waals surface area contributed by atoms with Crippen molar-refractivity contribution in [1.29, 1.82) is 0 Å². The predicted octanol–water partition coefficient (Wildman–Crippen LogP) is 1.72. The first-order valence-electron chi connectivity index (χ1n) is 9.12. The minimum Gasteiger partial charge on any atom is -0.356 e. The number of fused-ring (bicyclic) bond motifs is 1. The highest BCUT2D eigenvalue weighted by molar-refractivity contribution is 5.99. The lowest BCUT2D eigenvalue weighted by atomic mass is 10.1. The fraction of sp³-hybridized carbons (Fsp3) is 0.556. The highest BCUT2D eigenvalue weighted by atomic mass is 16.1. The number of aryl methyl sites for hydroxylation is 2. The Morgan fingerprint density at radius 2 is 2.08 bits per heavy atom. The smallest absolute Gasteiger partial charge is 0.255 e. The van der Waals surface area contributed by atoms with E-state index in [0.717, 1.165) is 62.8 Å². The molecule has 2 aliphatic rings. The van der Waals surface area contributed by atoms with Gasteiger partial charge in [0.2, 0.25) is 0 Å². The molecule has 1 amide bonds. The second kappa shape index (κ2) is 6.82. The maximum atomic E-state index is 12.9. The maximum Gasteiger partial charge on any atom is 0.255 e. The van der Waals surface area contributed by atoms with Gasteiger partial charge in [0.05, 0.1) is 5.56 Å². The van der Waals surface area contributed by atoms with E-state index in [4.69, 9.17) is 0 Å². The van der Waals surface area contributed by atoms with Crippen LogP contribution in [0.25, 0.3) is 0 Å².